The molecule has 1 aliphatic rings. The van der Waals surface area contributed by atoms with Gasteiger partial charge in [-0.15, -0.1) is 0 Å². The average Bonchev–Trinajstić information content (AvgIpc) is 3.19. The van der Waals surface area contributed by atoms with Crippen molar-refractivity contribution in [1.82, 2.24) is 20.5 Å². The molecule has 0 aromatic carbocycles. The SMILES string of the molecule is Cc1cc(F)nc(C)c1C(=O)NCC[C@@H](C)N1CCC(NCc2ccsc2)CC1. The van der Waals surface area contributed by atoms with Crippen LogP contribution in [0.3, 0.4) is 0 Å². The van der Waals surface area contributed by atoms with E-state index in [1.54, 1.807) is 25.2 Å². The molecule has 5 nitrogen and oxygen atoms in total. The van der Waals surface area contributed by atoms with Crippen LogP contribution in [0.1, 0.15) is 53.4 Å². The molecule has 158 valence electrons. The van der Waals surface area contributed by atoms with Crippen LogP contribution in [0.2, 0.25) is 0 Å². The summed E-state index contributed by atoms with van der Waals surface area (Å²) >= 11 is 1.74. The number of hydrogen-bond donors (Lipinski definition) is 2. The van der Waals surface area contributed by atoms with Crippen molar-refractivity contribution >= 4 is 17.2 Å². The van der Waals surface area contributed by atoms with Crippen molar-refractivity contribution < 1.29 is 9.18 Å². The van der Waals surface area contributed by atoms with E-state index in [0.717, 1.165) is 38.9 Å². The van der Waals surface area contributed by atoms with E-state index in [9.17, 15) is 9.18 Å². The van der Waals surface area contributed by atoms with Gasteiger partial charge in [-0.2, -0.15) is 15.7 Å². The van der Waals surface area contributed by atoms with Gasteiger partial charge in [0.2, 0.25) is 5.95 Å². The molecule has 0 aliphatic carbocycles. The van der Waals surface area contributed by atoms with Crippen LogP contribution in [0.4, 0.5) is 4.39 Å². The monoisotopic (exact) mass is 418 g/mol. The van der Waals surface area contributed by atoms with Gasteiger partial charge in [-0.3, -0.25) is 4.79 Å². The summed E-state index contributed by atoms with van der Waals surface area (Å²) in [5.41, 5.74) is 2.91. The second-order valence-corrected chi connectivity index (χ2v) is 8.72. The zero-order chi connectivity index (χ0) is 20.8. The number of hydrogen-bond acceptors (Lipinski definition) is 5. The van der Waals surface area contributed by atoms with Gasteiger partial charge in [0.05, 0.1) is 11.3 Å². The van der Waals surface area contributed by atoms with Crippen molar-refractivity contribution in [2.45, 2.75) is 58.7 Å². The fourth-order valence-electron chi connectivity index (χ4n) is 3.99. The van der Waals surface area contributed by atoms with Crippen molar-refractivity contribution in [3.8, 4) is 0 Å². The molecule has 29 heavy (non-hydrogen) atoms. The Bertz CT molecular complexity index is 780. The van der Waals surface area contributed by atoms with Gasteiger partial charge >= 0.3 is 0 Å². The molecular weight excluding hydrogens is 387 g/mol. The summed E-state index contributed by atoms with van der Waals surface area (Å²) in [7, 11) is 0. The molecular formula is C22H31FN4OS. The number of nitrogens with zero attached hydrogens (tertiary/aromatic N) is 2. The van der Waals surface area contributed by atoms with E-state index in [1.165, 1.54) is 11.6 Å². The zero-order valence-electron chi connectivity index (χ0n) is 17.5. The molecule has 1 aliphatic heterocycles. The number of pyridine rings is 1. The highest BCUT2D eigenvalue weighted by atomic mass is 32.1. The van der Waals surface area contributed by atoms with Crippen LogP contribution in [0, 0.1) is 19.8 Å². The van der Waals surface area contributed by atoms with E-state index < -0.39 is 5.95 Å². The number of nitrogens with one attached hydrogen (secondary N) is 2. The van der Waals surface area contributed by atoms with E-state index in [0.29, 0.717) is 35.4 Å². The minimum Gasteiger partial charge on any atom is -0.352 e. The van der Waals surface area contributed by atoms with E-state index >= 15 is 0 Å². The van der Waals surface area contributed by atoms with Gasteiger partial charge < -0.3 is 15.5 Å². The number of likely N-dealkylation sites (tertiary alicyclic amines) is 1. The highest BCUT2D eigenvalue weighted by molar-refractivity contribution is 7.07. The molecule has 3 heterocycles. The first-order chi connectivity index (χ1) is 13.9. The Balaban J connectivity index is 1.38. The van der Waals surface area contributed by atoms with Crippen LogP contribution in [-0.2, 0) is 6.54 Å². The van der Waals surface area contributed by atoms with Crippen molar-refractivity contribution in [3.63, 3.8) is 0 Å². The largest absolute Gasteiger partial charge is 0.352 e. The van der Waals surface area contributed by atoms with Gasteiger partial charge in [-0.05, 0) is 87.1 Å². The predicted molar refractivity (Wildman–Crippen MR) is 116 cm³/mol. The van der Waals surface area contributed by atoms with E-state index in [1.807, 2.05) is 0 Å². The van der Waals surface area contributed by atoms with Crippen LogP contribution >= 0.6 is 11.3 Å². The lowest BCUT2D eigenvalue weighted by atomic mass is 10.0. The zero-order valence-corrected chi connectivity index (χ0v) is 18.3. The molecule has 1 saturated heterocycles. The lowest BCUT2D eigenvalue weighted by Gasteiger charge is -2.36. The van der Waals surface area contributed by atoms with Crippen molar-refractivity contribution in [1.29, 1.82) is 0 Å². The second-order valence-electron chi connectivity index (χ2n) is 7.94. The summed E-state index contributed by atoms with van der Waals surface area (Å²) < 4.78 is 13.3. The quantitative estimate of drug-likeness (QED) is 0.643. The minimum absolute atomic E-state index is 0.170. The summed E-state index contributed by atoms with van der Waals surface area (Å²) in [6.07, 6.45) is 3.20. The Morgan fingerprint density at radius 2 is 2.14 bits per heavy atom. The molecule has 2 aromatic rings. The average molecular weight is 419 g/mol. The van der Waals surface area contributed by atoms with Crippen LogP contribution in [-0.4, -0.2) is 47.5 Å². The van der Waals surface area contributed by atoms with E-state index in [-0.39, 0.29) is 5.91 Å². The van der Waals surface area contributed by atoms with Gasteiger partial charge in [0, 0.05) is 25.2 Å². The van der Waals surface area contributed by atoms with Crippen molar-refractivity contribution in [2.24, 2.45) is 0 Å². The topological polar surface area (TPSA) is 57.3 Å². The third-order valence-electron chi connectivity index (χ3n) is 5.77. The van der Waals surface area contributed by atoms with Gasteiger partial charge in [0.25, 0.3) is 5.91 Å². The summed E-state index contributed by atoms with van der Waals surface area (Å²) in [6, 6.07) is 4.48. The fraction of sp³-hybridized carbons (Fsp3) is 0.545. The second kappa shape index (κ2) is 10.3. The summed E-state index contributed by atoms with van der Waals surface area (Å²) in [5.74, 6) is -0.713. The Kier molecular flexibility index (Phi) is 7.75. The van der Waals surface area contributed by atoms with E-state index in [4.69, 9.17) is 0 Å². The lowest BCUT2D eigenvalue weighted by Crippen LogP contribution is -2.46. The first kappa shape index (κ1) is 21.9. The molecule has 0 unspecified atom stereocenters. The lowest BCUT2D eigenvalue weighted by molar-refractivity contribution is 0.0942. The molecule has 3 rings (SSSR count). The molecule has 2 aromatic heterocycles. The molecule has 7 heteroatoms. The maximum absolute atomic E-state index is 13.3. The third-order valence-corrected chi connectivity index (χ3v) is 6.50. The molecule has 0 saturated carbocycles. The first-order valence-electron chi connectivity index (χ1n) is 10.3. The number of aryl methyl sites for hydroxylation is 2. The number of thiophene rings is 1. The Hall–Kier alpha value is -1.83. The predicted octanol–water partition coefficient (Wildman–Crippen LogP) is 3.66. The number of halogens is 1. The number of rotatable bonds is 8. The molecule has 1 amide bonds. The maximum atomic E-state index is 13.3. The van der Waals surface area contributed by atoms with Crippen LogP contribution in [0.15, 0.2) is 22.9 Å². The molecule has 0 bridgehead atoms. The third kappa shape index (κ3) is 6.07. The van der Waals surface area contributed by atoms with Gasteiger partial charge in [-0.25, -0.2) is 4.98 Å². The molecule has 0 spiro atoms. The Morgan fingerprint density at radius 1 is 1.38 bits per heavy atom. The van der Waals surface area contributed by atoms with Crippen molar-refractivity contribution in [2.75, 3.05) is 19.6 Å². The van der Waals surface area contributed by atoms with Crippen LogP contribution in [0.5, 0.6) is 0 Å². The van der Waals surface area contributed by atoms with E-state index in [2.05, 4.69) is 44.3 Å². The number of aromatic nitrogens is 1. The Morgan fingerprint density at radius 3 is 2.79 bits per heavy atom. The van der Waals surface area contributed by atoms with Crippen molar-refractivity contribution in [3.05, 3.63) is 51.2 Å². The minimum atomic E-state index is -0.543. The highest BCUT2D eigenvalue weighted by Gasteiger charge is 2.22. The summed E-state index contributed by atoms with van der Waals surface area (Å²) in [5, 5.41) is 11.0. The number of piperidine rings is 1. The number of carbonyl (C=O) groups excluding carboxylic acids is 1. The first-order valence-corrected chi connectivity index (χ1v) is 11.3. The normalized spacial score (nSPS) is 16.7. The molecule has 1 atom stereocenters. The molecule has 0 radical (unpaired) electrons. The summed E-state index contributed by atoms with van der Waals surface area (Å²) in [4.78, 5) is 18.7. The smallest absolute Gasteiger partial charge is 0.253 e. The Labute approximate surface area is 176 Å². The summed E-state index contributed by atoms with van der Waals surface area (Å²) in [6.45, 7) is 9.35. The van der Waals surface area contributed by atoms with Gasteiger partial charge in [0.1, 0.15) is 0 Å². The maximum Gasteiger partial charge on any atom is 0.253 e. The van der Waals surface area contributed by atoms with Crippen LogP contribution in [0.25, 0.3) is 0 Å². The number of carbonyl (C=O) groups is 1. The standard InChI is InChI=1S/C22H31FN4OS/c1-15-12-20(23)26-17(3)21(15)22(28)24-8-4-16(2)27-9-5-19(6-10-27)25-13-18-7-11-29-14-18/h7,11-12,14,16,19,25H,4-6,8-10,13H2,1-3H3,(H,24,28)/t16-/m1/s1. The fourth-order valence-corrected chi connectivity index (χ4v) is 4.66. The highest BCUT2D eigenvalue weighted by Crippen LogP contribution is 2.16. The molecule has 2 N–H and O–H groups in total. The van der Waals surface area contributed by atoms with Gasteiger partial charge in [0.15, 0.2) is 0 Å². The number of amides is 1. The molecule has 1 fully saturated rings. The van der Waals surface area contributed by atoms with Gasteiger partial charge in [-0.1, -0.05) is 0 Å². The van der Waals surface area contributed by atoms with Crippen LogP contribution < -0.4 is 10.6 Å².